The zero-order chi connectivity index (χ0) is 20.5. The molecule has 156 valence electrons. The summed E-state index contributed by atoms with van der Waals surface area (Å²) < 4.78 is 11.2. The van der Waals surface area contributed by atoms with E-state index in [1.165, 1.54) is 5.56 Å². The van der Waals surface area contributed by atoms with Crippen LogP contribution >= 0.6 is 0 Å². The fraction of sp³-hybridized carbons (Fsp3) is 0.458. The number of piperidine rings is 1. The topological polar surface area (TPSA) is 50.8 Å². The van der Waals surface area contributed by atoms with Crippen molar-refractivity contribution >= 4 is 5.91 Å². The predicted octanol–water partition coefficient (Wildman–Crippen LogP) is 3.54. The van der Waals surface area contributed by atoms with Gasteiger partial charge in [-0.15, -0.1) is 0 Å². The first-order chi connectivity index (χ1) is 14.1. The van der Waals surface area contributed by atoms with Gasteiger partial charge in [-0.05, 0) is 56.0 Å². The molecule has 5 nitrogen and oxygen atoms in total. The Morgan fingerprint density at radius 1 is 1.10 bits per heavy atom. The Bertz CT molecular complexity index is 740. The lowest BCUT2D eigenvalue weighted by Crippen LogP contribution is -2.39. The van der Waals surface area contributed by atoms with Crippen molar-refractivity contribution in [2.45, 2.75) is 38.3 Å². The smallest absolute Gasteiger partial charge is 0.251 e. The summed E-state index contributed by atoms with van der Waals surface area (Å²) in [6.07, 6.45) is 3.40. The number of hydrogen-bond donors (Lipinski definition) is 1. The number of nitrogens with zero attached hydrogens (tertiary/aromatic N) is 1. The highest BCUT2D eigenvalue weighted by Crippen LogP contribution is 2.20. The maximum atomic E-state index is 12.2. The van der Waals surface area contributed by atoms with Gasteiger partial charge in [-0.25, -0.2) is 0 Å². The van der Waals surface area contributed by atoms with Gasteiger partial charge in [0.2, 0.25) is 0 Å². The molecule has 2 aromatic rings. The van der Waals surface area contributed by atoms with Gasteiger partial charge in [-0.1, -0.05) is 30.3 Å². The predicted molar refractivity (Wildman–Crippen MR) is 115 cm³/mol. The third-order valence-corrected chi connectivity index (χ3v) is 5.31. The van der Waals surface area contributed by atoms with Gasteiger partial charge in [-0.2, -0.15) is 0 Å². The molecule has 1 N–H and O–H groups in total. The summed E-state index contributed by atoms with van der Waals surface area (Å²) in [5.41, 5.74) is 2.03. The second-order valence-corrected chi connectivity index (χ2v) is 7.75. The van der Waals surface area contributed by atoms with Gasteiger partial charge in [-0.3, -0.25) is 4.79 Å². The molecule has 0 aliphatic carbocycles. The van der Waals surface area contributed by atoms with Gasteiger partial charge >= 0.3 is 0 Å². The van der Waals surface area contributed by atoms with Crippen LogP contribution < -0.4 is 10.1 Å². The molecule has 1 atom stereocenters. The van der Waals surface area contributed by atoms with Crippen LogP contribution in [-0.4, -0.2) is 56.3 Å². The molecule has 2 aromatic carbocycles. The number of amides is 1. The number of rotatable bonds is 9. The summed E-state index contributed by atoms with van der Waals surface area (Å²) in [6, 6.07) is 18.0. The normalized spacial score (nSPS) is 16.3. The van der Waals surface area contributed by atoms with E-state index in [1.807, 2.05) is 31.2 Å². The van der Waals surface area contributed by atoms with E-state index in [-0.39, 0.29) is 18.1 Å². The largest absolute Gasteiger partial charge is 0.490 e. The fourth-order valence-electron chi connectivity index (χ4n) is 3.66. The van der Waals surface area contributed by atoms with Gasteiger partial charge in [0.05, 0.1) is 6.61 Å². The molecule has 1 heterocycles. The zero-order valence-electron chi connectivity index (χ0n) is 17.5. The Kier molecular flexibility index (Phi) is 8.08. The van der Waals surface area contributed by atoms with Crippen LogP contribution in [0, 0.1) is 0 Å². The minimum Gasteiger partial charge on any atom is -0.490 e. The van der Waals surface area contributed by atoms with Crippen LogP contribution in [-0.2, 0) is 11.2 Å². The van der Waals surface area contributed by atoms with Crippen LogP contribution in [0.5, 0.6) is 5.75 Å². The second-order valence-electron chi connectivity index (χ2n) is 7.75. The summed E-state index contributed by atoms with van der Waals surface area (Å²) in [6.45, 7) is 5.65. The number of nitrogens with one attached hydrogen (secondary N) is 1. The van der Waals surface area contributed by atoms with Crippen molar-refractivity contribution in [3.05, 3.63) is 65.7 Å². The molecule has 0 bridgehead atoms. The molecule has 0 radical (unpaired) electrons. The highest BCUT2D eigenvalue weighted by molar-refractivity contribution is 5.94. The van der Waals surface area contributed by atoms with E-state index < -0.39 is 0 Å². The van der Waals surface area contributed by atoms with Crippen molar-refractivity contribution in [1.29, 1.82) is 0 Å². The van der Waals surface area contributed by atoms with Crippen molar-refractivity contribution in [3.8, 4) is 5.75 Å². The van der Waals surface area contributed by atoms with Crippen molar-refractivity contribution in [2.24, 2.45) is 0 Å². The minimum absolute atomic E-state index is 0.0181. The van der Waals surface area contributed by atoms with Gasteiger partial charge in [0.25, 0.3) is 5.91 Å². The van der Waals surface area contributed by atoms with Crippen molar-refractivity contribution in [3.63, 3.8) is 0 Å². The number of hydrogen-bond acceptors (Lipinski definition) is 4. The van der Waals surface area contributed by atoms with E-state index in [2.05, 4.69) is 40.5 Å². The van der Waals surface area contributed by atoms with Crippen molar-refractivity contribution < 1.29 is 14.3 Å². The molecule has 1 amide bonds. The molecule has 3 rings (SSSR count). The molecular weight excluding hydrogens is 364 g/mol. The minimum atomic E-state index is -0.0900. The third kappa shape index (κ3) is 6.87. The Hall–Kier alpha value is -2.37. The molecule has 1 unspecified atom stereocenters. The molecule has 1 aliphatic rings. The van der Waals surface area contributed by atoms with E-state index in [0.717, 1.165) is 44.6 Å². The molecule has 5 heteroatoms. The average molecular weight is 397 g/mol. The zero-order valence-corrected chi connectivity index (χ0v) is 17.5. The summed E-state index contributed by atoms with van der Waals surface area (Å²) in [4.78, 5) is 14.7. The van der Waals surface area contributed by atoms with E-state index in [9.17, 15) is 4.79 Å². The average Bonchev–Trinajstić information content (AvgIpc) is 2.74. The van der Waals surface area contributed by atoms with E-state index in [1.54, 1.807) is 7.11 Å². The quantitative estimate of drug-likeness (QED) is 0.704. The van der Waals surface area contributed by atoms with E-state index in [4.69, 9.17) is 9.47 Å². The molecule has 1 saturated heterocycles. The summed E-state index contributed by atoms with van der Waals surface area (Å²) in [5.74, 6) is 0.738. The Morgan fingerprint density at radius 3 is 2.45 bits per heavy atom. The first-order valence-corrected chi connectivity index (χ1v) is 10.5. The highest BCUT2D eigenvalue weighted by Gasteiger charge is 2.20. The van der Waals surface area contributed by atoms with Gasteiger partial charge < -0.3 is 19.7 Å². The number of benzene rings is 2. The maximum Gasteiger partial charge on any atom is 0.251 e. The van der Waals surface area contributed by atoms with Crippen LogP contribution in [0.3, 0.4) is 0 Å². The Morgan fingerprint density at radius 2 is 1.79 bits per heavy atom. The monoisotopic (exact) mass is 396 g/mol. The van der Waals surface area contributed by atoms with Gasteiger partial charge in [0.1, 0.15) is 11.9 Å². The maximum absolute atomic E-state index is 12.2. The van der Waals surface area contributed by atoms with Crippen molar-refractivity contribution in [1.82, 2.24) is 10.2 Å². The number of carbonyl (C=O) groups excluding carboxylic acids is 1. The lowest BCUT2D eigenvalue weighted by Gasteiger charge is -2.32. The molecule has 29 heavy (non-hydrogen) atoms. The molecular formula is C24H32N2O3. The van der Waals surface area contributed by atoms with Crippen LogP contribution in [0.1, 0.15) is 35.7 Å². The summed E-state index contributed by atoms with van der Waals surface area (Å²) in [7, 11) is 1.63. The number of likely N-dealkylation sites (tertiary alicyclic amines) is 1. The highest BCUT2D eigenvalue weighted by atomic mass is 16.5. The summed E-state index contributed by atoms with van der Waals surface area (Å²) >= 11 is 0. The molecule has 0 saturated carbocycles. The number of methoxy groups -OCH3 is 1. The first-order valence-electron chi connectivity index (χ1n) is 10.5. The van der Waals surface area contributed by atoms with E-state index in [0.29, 0.717) is 12.2 Å². The number of carbonyl (C=O) groups is 1. The van der Waals surface area contributed by atoms with Crippen LogP contribution in [0.4, 0.5) is 0 Å². The van der Waals surface area contributed by atoms with Crippen LogP contribution in [0.15, 0.2) is 54.6 Å². The number of ether oxygens (including phenoxy) is 2. The molecule has 1 fully saturated rings. The van der Waals surface area contributed by atoms with Crippen LogP contribution in [0.2, 0.25) is 0 Å². The second kappa shape index (κ2) is 11.0. The molecule has 0 spiro atoms. The molecule has 1 aliphatic heterocycles. The standard InChI is InChI=1S/C24H32N2O3/c1-19(18-28-2)25-24(27)21-8-10-22(11-9-21)29-23-13-16-26(17-14-23)15-12-20-6-4-3-5-7-20/h3-11,19,23H,12-18H2,1-2H3,(H,25,27). The van der Waals surface area contributed by atoms with Gasteiger partial charge in [0, 0.05) is 38.3 Å². The van der Waals surface area contributed by atoms with E-state index >= 15 is 0 Å². The van der Waals surface area contributed by atoms with Crippen molar-refractivity contribution in [2.75, 3.05) is 33.4 Å². The lowest BCUT2D eigenvalue weighted by molar-refractivity contribution is 0.0905. The van der Waals surface area contributed by atoms with Gasteiger partial charge in [0.15, 0.2) is 0 Å². The Balaban J connectivity index is 1.40. The SMILES string of the molecule is COCC(C)NC(=O)c1ccc(OC2CCN(CCc3ccccc3)CC2)cc1. The fourth-order valence-corrected chi connectivity index (χ4v) is 3.66. The lowest BCUT2D eigenvalue weighted by atomic mass is 10.1. The Labute approximate surface area is 174 Å². The first kappa shape index (κ1) is 21.3. The van der Waals surface area contributed by atoms with Crippen LogP contribution in [0.25, 0.3) is 0 Å². The third-order valence-electron chi connectivity index (χ3n) is 5.31. The summed E-state index contributed by atoms with van der Waals surface area (Å²) in [5, 5.41) is 2.92. The molecule has 0 aromatic heterocycles.